The Labute approximate surface area is 104 Å². The minimum Gasteiger partial charge on any atom is -0.370 e. The van der Waals surface area contributed by atoms with Crippen molar-refractivity contribution in [2.45, 2.75) is 58.3 Å². The van der Waals surface area contributed by atoms with Gasteiger partial charge in [0.25, 0.3) is 0 Å². The van der Waals surface area contributed by atoms with Gasteiger partial charge in [-0.05, 0) is 26.2 Å². The van der Waals surface area contributed by atoms with Crippen LogP contribution in [0.3, 0.4) is 0 Å². The first-order valence-corrected chi connectivity index (χ1v) is 6.95. The Morgan fingerprint density at radius 3 is 2.65 bits per heavy atom. The van der Waals surface area contributed by atoms with Gasteiger partial charge in [0.05, 0.1) is 0 Å². The van der Waals surface area contributed by atoms with Gasteiger partial charge in [-0.1, -0.05) is 26.2 Å². The Morgan fingerprint density at radius 2 is 2.00 bits per heavy atom. The molecule has 1 fully saturated rings. The highest BCUT2D eigenvalue weighted by Crippen LogP contribution is 2.32. The maximum Gasteiger partial charge on any atom is 0.134 e. The molecular weight excluding hydrogens is 210 g/mol. The van der Waals surface area contributed by atoms with Gasteiger partial charge in [-0.15, -0.1) is 0 Å². The first-order chi connectivity index (χ1) is 8.33. The lowest BCUT2D eigenvalue weighted by atomic mass is 10.1. The number of aromatic nitrogens is 2. The standard InChI is InChI=1S/C14H23N3/c1-3-7-12-10-13(15-4-2)17-14(16-12)11-8-5-6-9-11/h10-11H,3-9H2,1-2H3,(H,15,16,17). The van der Waals surface area contributed by atoms with Crippen molar-refractivity contribution < 1.29 is 0 Å². The van der Waals surface area contributed by atoms with Gasteiger partial charge in [0.2, 0.25) is 0 Å². The average molecular weight is 233 g/mol. The lowest BCUT2D eigenvalue weighted by Crippen LogP contribution is -2.08. The molecule has 3 heteroatoms. The zero-order chi connectivity index (χ0) is 12.1. The van der Waals surface area contributed by atoms with Crippen molar-refractivity contribution in [2.75, 3.05) is 11.9 Å². The molecule has 17 heavy (non-hydrogen) atoms. The van der Waals surface area contributed by atoms with Gasteiger partial charge in [-0.3, -0.25) is 0 Å². The van der Waals surface area contributed by atoms with Crippen LogP contribution < -0.4 is 5.32 Å². The molecule has 1 aliphatic rings. The number of nitrogens with zero attached hydrogens (tertiary/aromatic N) is 2. The van der Waals surface area contributed by atoms with Crippen LogP contribution in [0, 0.1) is 0 Å². The van der Waals surface area contributed by atoms with Gasteiger partial charge >= 0.3 is 0 Å². The second kappa shape index (κ2) is 5.99. The minimum absolute atomic E-state index is 0.601. The predicted molar refractivity (Wildman–Crippen MR) is 71.4 cm³/mol. The van der Waals surface area contributed by atoms with E-state index in [2.05, 4.69) is 30.2 Å². The summed E-state index contributed by atoms with van der Waals surface area (Å²) in [6, 6.07) is 2.10. The Hall–Kier alpha value is -1.12. The third-order valence-electron chi connectivity index (χ3n) is 3.38. The zero-order valence-corrected chi connectivity index (χ0v) is 11.0. The van der Waals surface area contributed by atoms with Crippen LogP contribution in [-0.2, 0) is 6.42 Å². The summed E-state index contributed by atoms with van der Waals surface area (Å²) in [4.78, 5) is 9.40. The molecule has 94 valence electrons. The van der Waals surface area contributed by atoms with Crippen molar-refractivity contribution >= 4 is 5.82 Å². The second-order valence-electron chi connectivity index (χ2n) is 4.86. The highest BCUT2D eigenvalue weighted by molar-refractivity contribution is 5.36. The molecule has 0 unspecified atom stereocenters. The van der Waals surface area contributed by atoms with Crippen molar-refractivity contribution in [3.05, 3.63) is 17.6 Å². The van der Waals surface area contributed by atoms with Crippen LogP contribution >= 0.6 is 0 Å². The number of aryl methyl sites for hydroxylation is 1. The molecule has 1 aromatic rings. The largest absolute Gasteiger partial charge is 0.370 e. The molecule has 1 aliphatic carbocycles. The van der Waals surface area contributed by atoms with E-state index in [1.165, 1.54) is 31.4 Å². The van der Waals surface area contributed by atoms with Gasteiger partial charge in [-0.25, -0.2) is 9.97 Å². The summed E-state index contributed by atoms with van der Waals surface area (Å²) < 4.78 is 0. The van der Waals surface area contributed by atoms with Crippen LogP contribution in [0.1, 0.15) is 63.4 Å². The van der Waals surface area contributed by atoms with Gasteiger partial charge in [-0.2, -0.15) is 0 Å². The summed E-state index contributed by atoms with van der Waals surface area (Å²) in [7, 11) is 0. The van der Waals surface area contributed by atoms with Crippen LogP contribution in [0.15, 0.2) is 6.07 Å². The topological polar surface area (TPSA) is 37.8 Å². The molecule has 0 amide bonds. The minimum atomic E-state index is 0.601. The third-order valence-corrected chi connectivity index (χ3v) is 3.38. The first-order valence-electron chi connectivity index (χ1n) is 6.95. The van der Waals surface area contributed by atoms with E-state index < -0.39 is 0 Å². The summed E-state index contributed by atoms with van der Waals surface area (Å²) in [5, 5.41) is 3.32. The Balaban J connectivity index is 2.22. The summed E-state index contributed by atoms with van der Waals surface area (Å²) in [5.41, 5.74) is 1.19. The Bertz CT molecular complexity index is 332. The normalized spacial score (nSPS) is 16.4. The van der Waals surface area contributed by atoms with Crippen molar-refractivity contribution in [3.63, 3.8) is 0 Å². The molecule has 0 saturated heterocycles. The van der Waals surface area contributed by atoms with E-state index >= 15 is 0 Å². The summed E-state index contributed by atoms with van der Waals surface area (Å²) in [5.74, 6) is 2.68. The maximum absolute atomic E-state index is 4.74. The molecule has 0 radical (unpaired) electrons. The lowest BCUT2D eigenvalue weighted by molar-refractivity contribution is 0.659. The molecule has 3 nitrogen and oxygen atoms in total. The summed E-state index contributed by atoms with van der Waals surface area (Å²) in [6.45, 7) is 5.23. The van der Waals surface area contributed by atoms with E-state index in [4.69, 9.17) is 4.98 Å². The molecule has 2 rings (SSSR count). The van der Waals surface area contributed by atoms with Crippen LogP contribution in [0.5, 0.6) is 0 Å². The molecule has 0 spiro atoms. The molecule has 1 N–H and O–H groups in total. The number of rotatable bonds is 5. The number of anilines is 1. The van der Waals surface area contributed by atoms with Crippen LogP contribution in [0.4, 0.5) is 5.82 Å². The van der Waals surface area contributed by atoms with E-state index in [0.29, 0.717) is 5.92 Å². The Kier molecular flexibility index (Phi) is 4.35. The first kappa shape index (κ1) is 12.3. The Morgan fingerprint density at radius 1 is 1.24 bits per heavy atom. The fourth-order valence-electron chi connectivity index (χ4n) is 2.54. The molecule has 0 aliphatic heterocycles. The van der Waals surface area contributed by atoms with Crippen molar-refractivity contribution in [1.82, 2.24) is 9.97 Å². The SMILES string of the molecule is CCCc1cc(NCC)nc(C2CCCC2)n1. The van der Waals surface area contributed by atoms with E-state index in [0.717, 1.165) is 31.0 Å². The van der Waals surface area contributed by atoms with Crippen LogP contribution in [-0.4, -0.2) is 16.5 Å². The molecule has 0 atom stereocenters. The number of hydrogen-bond acceptors (Lipinski definition) is 3. The lowest BCUT2D eigenvalue weighted by Gasteiger charge is -2.12. The molecular formula is C14H23N3. The molecule has 0 bridgehead atoms. The average Bonchev–Trinajstić information content (AvgIpc) is 2.83. The van der Waals surface area contributed by atoms with Gasteiger partial charge < -0.3 is 5.32 Å². The van der Waals surface area contributed by atoms with Gasteiger partial charge in [0.15, 0.2) is 0 Å². The summed E-state index contributed by atoms with van der Waals surface area (Å²) in [6.07, 6.45) is 7.40. The smallest absolute Gasteiger partial charge is 0.134 e. The van der Waals surface area contributed by atoms with E-state index in [1.54, 1.807) is 0 Å². The van der Waals surface area contributed by atoms with Crippen LogP contribution in [0.25, 0.3) is 0 Å². The van der Waals surface area contributed by atoms with Gasteiger partial charge in [0.1, 0.15) is 11.6 Å². The molecule has 0 aromatic carbocycles. The highest BCUT2D eigenvalue weighted by Gasteiger charge is 2.20. The zero-order valence-electron chi connectivity index (χ0n) is 11.0. The number of hydrogen-bond donors (Lipinski definition) is 1. The quantitative estimate of drug-likeness (QED) is 0.845. The molecule has 1 aromatic heterocycles. The van der Waals surface area contributed by atoms with Crippen molar-refractivity contribution in [3.8, 4) is 0 Å². The summed E-state index contributed by atoms with van der Waals surface area (Å²) >= 11 is 0. The van der Waals surface area contributed by atoms with E-state index in [1.807, 2.05) is 0 Å². The molecule has 1 saturated carbocycles. The predicted octanol–water partition coefficient (Wildman–Crippen LogP) is 3.52. The third kappa shape index (κ3) is 3.18. The maximum atomic E-state index is 4.74. The van der Waals surface area contributed by atoms with E-state index in [-0.39, 0.29) is 0 Å². The fraction of sp³-hybridized carbons (Fsp3) is 0.714. The van der Waals surface area contributed by atoms with E-state index in [9.17, 15) is 0 Å². The van der Waals surface area contributed by atoms with Gasteiger partial charge in [0, 0.05) is 24.2 Å². The molecule has 1 heterocycles. The second-order valence-corrected chi connectivity index (χ2v) is 4.86. The van der Waals surface area contributed by atoms with Crippen LogP contribution in [0.2, 0.25) is 0 Å². The van der Waals surface area contributed by atoms with Crippen molar-refractivity contribution in [1.29, 1.82) is 0 Å². The van der Waals surface area contributed by atoms with Crippen molar-refractivity contribution in [2.24, 2.45) is 0 Å². The number of nitrogens with one attached hydrogen (secondary N) is 1. The monoisotopic (exact) mass is 233 g/mol. The fourth-order valence-corrected chi connectivity index (χ4v) is 2.54. The highest BCUT2D eigenvalue weighted by atomic mass is 15.0.